The molecule has 0 aromatic heterocycles. The van der Waals surface area contributed by atoms with Crippen LogP contribution >= 0.6 is 35.6 Å². The van der Waals surface area contributed by atoms with Crippen molar-refractivity contribution in [3.63, 3.8) is 0 Å². The van der Waals surface area contributed by atoms with Crippen LogP contribution in [0.4, 0.5) is 5.69 Å². The third-order valence-corrected chi connectivity index (χ3v) is 6.03. The number of hydrogen-bond donors (Lipinski definition) is 0. The molecule has 0 unspecified atom stereocenters. The second-order valence-corrected chi connectivity index (χ2v) is 8.35. The number of nitrogens with zero attached hydrogens (tertiary/aromatic N) is 1. The number of thiocarbonyl (C=S) groups is 1. The molecule has 1 amide bonds. The van der Waals surface area contributed by atoms with Gasteiger partial charge < -0.3 is 4.74 Å². The Hall–Kier alpha value is -2.60. The van der Waals surface area contributed by atoms with Gasteiger partial charge >= 0.3 is 0 Å². The summed E-state index contributed by atoms with van der Waals surface area (Å²) in [6, 6.07) is 24.6. The van der Waals surface area contributed by atoms with Crippen LogP contribution in [-0.4, -0.2) is 10.2 Å². The number of halogens is 1. The summed E-state index contributed by atoms with van der Waals surface area (Å²) in [6.07, 6.45) is 1.82. The van der Waals surface area contributed by atoms with Gasteiger partial charge in [0, 0.05) is 16.1 Å². The van der Waals surface area contributed by atoms with E-state index in [0.717, 1.165) is 16.8 Å². The van der Waals surface area contributed by atoms with Gasteiger partial charge in [-0.05, 0) is 30.3 Å². The van der Waals surface area contributed by atoms with Crippen molar-refractivity contribution >= 4 is 57.6 Å². The van der Waals surface area contributed by atoms with Crippen LogP contribution in [0.5, 0.6) is 5.75 Å². The topological polar surface area (TPSA) is 29.5 Å². The van der Waals surface area contributed by atoms with Crippen LogP contribution < -0.4 is 9.64 Å². The Kier molecular flexibility index (Phi) is 6.00. The van der Waals surface area contributed by atoms with E-state index in [9.17, 15) is 4.79 Å². The van der Waals surface area contributed by atoms with Crippen LogP contribution in [0.3, 0.4) is 0 Å². The number of para-hydroxylation sites is 2. The minimum Gasteiger partial charge on any atom is -0.488 e. The number of anilines is 1. The highest BCUT2D eigenvalue weighted by molar-refractivity contribution is 8.27. The van der Waals surface area contributed by atoms with Crippen molar-refractivity contribution in [2.45, 2.75) is 6.61 Å². The average molecular weight is 438 g/mol. The first-order chi connectivity index (χ1) is 14.1. The molecule has 1 aliphatic rings. The molecule has 1 saturated heterocycles. The van der Waals surface area contributed by atoms with Crippen molar-refractivity contribution in [1.82, 2.24) is 0 Å². The van der Waals surface area contributed by atoms with Crippen LogP contribution in [0.25, 0.3) is 6.08 Å². The van der Waals surface area contributed by atoms with Gasteiger partial charge in [0.1, 0.15) is 12.4 Å². The van der Waals surface area contributed by atoms with Crippen molar-refractivity contribution < 1.29 is 9.53 Å². The molecule has 3 aromatic carbocycles. The lowest BCUT2D eigenvalue weighted by atomic mass is 10.1. The summed E-state index contributed by atoms with van der Waals surface area (Å²) in [7, 11) is 0. The maximum atomic E-state index is 12.9. The van der Waals surface area contributed by atoms with Gasteiger partial charge in [0.25, 0.3) is 5.91 Å². The number of thioether (sulfide) groups is 1. The summed E-state index contributed by atoms with van der Waals surface area (Å²) in [6.45, 7) is 0.343. The fourth-order valence-electron chi connectivity index (χ4n) is 2.91. The van der Waals surface area contributed by atoms with Crippen molar-refractivity contribution in [2.75, 3.05) is 4.90 Å². The molecular weight excluding hydrogens is 422 g/mol. The lowest BCUT2D eigenvalue weighted by Crippen LogP contribution is -2.27. The Balaban J connectivity index is 1.58. The highest BCUT2D eigenvalue weighted by Crippen LogP contribution is 2.37. The predicted molar refractivity (Wildman–Crippen MR) is 124 cm³/mol. The maximum Gasteiger partial charge on any atom is 0.270 e. The lowest BCUT2D eigenvalue weighted by Gasteiger charge is -2.14. The van der Waals surface area contributed by atoms with E-state index in [4.69, 9.17) is 28.6 Å². The fourth-order valence-corrected chi connectivity index (χ4v) is 4.39. The van der Waals surface area contributed by atoms with Crippen LogP contribution in [0, 0.1) is 0 Å². The van der Waals surface area contributed by atoms with E-state index < -0.39 is 0 Å². The second-order valence-electron chi connectivity index (χ2n) is 6.27. The summed E-state index contributed by atoms with van der Waals surface area (Å²) in [5, 5.41) is 0.661. The van der Waals surface area contributed by atoms with Crippen molar-refractivity contribution in [2.24, 2.45) is 0 Å². The van der Waals surface area contributed by atoms with Crippen LogP contribution in [-0.2, 0) is 11.4 Å². The van der Waals surface area contributed by atoms with Crippen molar-refractivity contribution in [1.29, 1.82) is 0 Å². The highest BCUT2D eigenvalue weighted by Gasteiger charge is 2.33. The monoisotopic (exact) mass is 437 g/mol. The first-order valence-electron chi connectivity index (χ1n) is 8.92. The third kappa shape index (κ3) is 4.37. The predicted octanol–water partition coefficient (Wildman–Crippen LogP) is 6.32. The molecule has 0 spiro atoms. The average Bonchev–Trinajstić information content (AvgIpc) is 3.02. The fraction of sp³-hybridized carbons (Fsp3) is 0.0435. The Morgan fingerprint density at radius 1 is 0.966 bits per heavy atom. The molecule has 3 nitrogen and oxygen atoms in total. The van der Waals surface area contributed by atoms with E-state index in [1.807, 2.05) is 84.9 Å². The third-order valence-electron chi connectivity index (χ3n) is 4.35. The molecule has 0 N–H and O–H groups in total. The number of benzene rings is 3. The van der Waals surface area contributed by atoms with Gasteiger partial charge in [-0.1, -0.05) is 90.2 Å². The molecule has 29 heavy (non-hydrogen) atoms. The number of amides is 1. The zero-order valence-electron chi connectivity index (χ0n) is 15.2. The van der Waals surface area contributed by atoms with Crippen LogP contribution in [0.2, 0.25) is 5.02 Å². The van der Waals surface area contributed by atoms with E-state index in [0.29, 0.717) is 26.6 Å². The summed E-state index contributed by atoms with van der Waals surface area (Å²) in [5.41, 5.74) is 2.48. The number of hydrogen-bond acceptors (Lipinski definition) is 4. The number of carbonyl (C=O) groups excluding carboxylic acids is 1. The zero-order valence-corrected chi connectivity index (χ0v) is 17.6. The van der Waals surface area contributed by atoms with E-state index in [2.05, 4.69) is 0 Å². The van der Waals surface area contributed by atoms with E-state index >= 15 is 0 Å². The molecule has 144 valence electrons. The summed E-state index contributed by atoms with van der Waals surface area (Å²) in [4.78, 5) is 15.1. The molecule has 4 rings (SSSR count). The van der Waals surface area contributed by atoms with Gasteiger partial charge in [0.15, 0.2) is 4.32 Å². The number of ether oxygens (including phenoxy) is 1. The van der Waals surface area contributed by atoms with Crippen LogP contribution in [0.1, 0.15) is 11.1 Å². The second kappa shape index (κ2) is 8.82. The Morgan fingerprint density at radius 2 is 1.66 bits per heavy atom. The highest BCUT2D eigenvalue weighted by atomic mass is 35.5. The van der Waals surface area contributed by atoms with Gasteiger partial charge in [0.05, 0.1) is 10.6 Å². The SMILES string of the molecule is O=C1/C(=C/c2ccccc2OCc2ccccc2Cl)SC(=S)N1c1ccccc1. The molecule has 3 aromatic rings. The summed E-state index contributed by atoms with van der Waals surface area (Å²) in [5.74, 6) is 0.546. The quantitative estimate of drug-likeness (QED) is 0.345. The van der Waals surface area contributed by atoms with E-state index in [-0.39, 0.29) is 5.91 Å². The standard InChI is InChI=1S/C23H16ClNO2S2/c24-19-12-6-4-9-17(19)15-27-20-13-7-5-8-16(20)14-21-22(26)25(23(28)29-21)18-10-2-1-3-11-18/h1-14H,15H2/b21-14-. The smallest absolute Gasteiger partial charge is 0.270 e. The number of carbonyl (C=O) groups is 1. The zero-order chi connectivity index (χ0) is 20.2. The Morgan fingerprint density at radius 3 is 2.45 bits per heavy atom. The molecule has 1 fully saturated rings. The Bertz CT molecular complexity index is 1100. The maximum absolute atomic E-state index is 12.9. The molecule has 0 aliphatic carbocycles. The van der Waals surface area contributed by atoms with Gasteiger partial charge in [-0.25, -0.2) is 0 Å². The molecule has 1 aliphatic heterocycles. The first kappa shape index (κ1) is 19.7. The Labute approximate surface area is 183 Å². The van der Waals surface area contributed by atoms with Gasteiger partial charge in [0.2, 0.25) is 0 Å². The van der Waals surface area contributed by atoms with Crippen LogP contribution in [0.15, 0.2) is 83.8 Å². The van der Waals surface area contributed by atoms with E-state index in [1.54, 1.807) is 4.90 Å². The normalized spacial score (nSPS) is 15.2. The van der Waals surface area contributed by atoms with Gasteiger partial charge in [-0.2, -0.15) is 0 Å². The largest absolute Gasteiger partial charge is 0.488 e. The lowest BCUT2D eigenvalue weighted by molar-refractivity contribution is -0.113. The first-order valence-corrected chi connectivity index (χ1v) is 10.5. The van der Waals surface area contributed by atoms with Crippen molar-refractivity contribution in [3.8, 4) is 5.75 Å². The minimum absolute atomic E-state index is 0.132. The van der Waals surface area contributed by atoms with Crippen molar-refractivity contribution in [3.05, 3.63) is 99.9 Å². The summed E-state index contributed by atoms with van der Waals surface area (Å²) < 4.78 is 6.51. The molecule has 1 heterocycles. The van der Waals surface area contributed by atoms with Gasteiger partial charge in [-0.3, -0.25) is 9.69 Å². The molecule has 0 atom stereocenters. The molecule has 0 saturated carbocycles. The molecule has 0 radical (unpaired) electrons. The molecule has 6 heteroatoms. The molecule has 0 bridgehead atoms. The van der Waals surface area contributed by atoms with E-state index in [1.165, 1.54) is 11.8 Å². The molecular formula is C23H16ClNO2S2. The number of rotatable bonds is 5. The minimum atomic E-state index is -0.132. The van der Waals surface area contributed by atoms with Gasteiger partial charge in [-0.15, -0.1) is 0 Å². The summed E-state index contributed by atoms with van der Waals surface area (Å²) >= 11 is 12.9.